The van der Waals surface area contributed by atoms with E-state index < -0.39 is 6.10 Å². The number of likely N-dealkylation sites (tertiary alicyclic amines) is 1. The Morgan fingerprint density at radius 2 is 2.16 bits per heavy atom. The van der Waals surface area contributed by atoms with Crippen molar-refractivity contribution in [3.63, 3.8) is 0 Å². The van der Waals surface area contributed by atoms with Gasteiger partial charge in [0.05, 0.1) is 11.1 Å². The summed E-state index contributed by atoms with van der Waals surface area (Å²) in [5, 5.41) is 10.8. The summed E-state index contributed by atoms with van der Waals surface area (Å²) in [5.74, 6) is 0.937. The molecule has 1 aromatic carbocycles. The third kappa shape index (κ3) is 3.85. The van der Waals surface area contributed by atoms with E-state index in [2.05, 4.69) is 18.7 Å². The highest BCUT2D eigenvalue weighted by atomic mass is 35.5. The molecule has 2 rings (SSSR count). The molecule has 0 aliphatic carbocycles. The van der Waals surface area contributed by atoms with Gasteiger partial charge in [-0.25, -0.2) is 0 Å². The van der Waals surface area contributed by atoms with Gasteiger partial charge in [0, 0.05) is 18.5 Å². The maximum atomic E-state index is 10.2. The molecule has 1 aliphatic heterocycles. The van der Waals surface area contributed by atoms with Gasteiger partial charge in [0.1, 0.15) is 12.4 Å². The molecule has 0 spiro atoms. The zero-order chi connectivity index (χ0) is 13.8. The van der Waals surface area contributed by atoms with Crippen LogP contribution in [0.1, 0.15) is 20.3 Å². The summed E-state index contributed by atoms with van der Waals surface area (Å²) in [5.41, 5.74) is 0. The highest BCUT2D eigenvalue weighted by Crippen LogP contribution is 2.25. The number of halogens is 1. The van der Waals surface area contributed by atoms with Crippen LogP contribution in [-0.4, -0.2) is 41.8 Å². The average molecular weight is 284 g/mol. The second-order valence-electron chi connectivity index (χ2n) is 5.45. The number of ether oxygens (including phenoxy) is 1. The summed E-state index contributed by atoms with van der Waals surface area (Å²) < 4.78 is 5.61. The quantitative estimate of drug-likeness (QED) is 0.902. The predicted octanol–water partition coefficient (Wildman–Crippen LogP) is 2.81. The van der Waals surface area contributed by atoms with Crippen LogP contribution in [-0.2, 0) is 0 Å². The molecule has 2 unspecified atom stereocenters. The fourth-order valence-electron chi connectivity index (χ4n) is 2.47. The number of aliphatic hydroxyl groups excluding tert-OH is 1. The van der Waals surface area contributed by atoms with Crippen molar-refractivity contribution in [3.8, 4) is 5.75 Å². The predicted molar refractivity (Wildman–Crippen MR) is 77.8 cm³/mol. The molecule has 1 N–H and O–H groups in total. The fraction of sp³-hybridized carbons (Fsp3) is 0.600. The van der Waals surface area contributed by atoms with E-state index in [1.165, 1.54) is 0 Å². The molecule has 1 aliphatic rings. The lowest BCUT2D eigenvalue weighted by Crippen LogP contribution is -2.33. The van der Waals surface area contributed by atoms with Crippen LogP contribution in [0.4, 0.5) is 0 Å². The van der Waals surface area contributed by atoms with Gasteiger partial charge in [0.25, 0.3) is 0 Å². The third-order valence-electron chi connectivity index (χ3n) is 3.78. The van der Waals surface area contributed by atoms with Gasteiger partial charge in [-0.15, -0.1) is 0 Å². The second kappa shape index (κ2) is 6.60. The van der Waals surface area contributed by atoms with E-state index in [9.17, 15) is 5.11 Å². The number of benzene rings is 1. The smallest absolute Gasteiger partial charge is 0.138 e. The number of aliphatic hydroxyl groups is 1. The van der Waals surface area contributed by atoms with E-state index in [1.54, 1.807) is 6.07 Å². The van der Waals surface area contributed by atoms with Crippen molar-refractivity contribution >= 4 is 11.6 Å². The maximum absolute atomic E-state index is 10.2. The van der Waals surface area contributed by atoms with E-state index in [-0.39, 0.29) is 0 Å². The first-order chi connectivity index (χ1) is 9.08. The molecule has 0 bridgehead atoms. The van der Waals surface area contributed by atoms with Gasteiger partial charge in [-0.3, -0.25) is 0 Å². The van der Waals surface area contributed by atoms with Crippen LogP contribution in [0.25, 0.3) is 0 Å². The molecular formula is C15H22ClNO2. The van der Waals surface area contributed by atoms with Crippen LogP contribution in [0, 0.1) is 5.92 Å². The van der Waals surface area contributed by atoms with Crippen LogP contribution in [0.15, 0.2) is 24.3 Å². The lowest BCUT2D eigenvalue weighted by Gasteiger charge is -2.22. The lowest BCUT2D eigenvalue weighted by atomic mass is 10.0. The number of hydrogen-bond acceptors (Lipinski definition) is 3. The van der Waals surface area contributed by atoms with Crippen molar-refractivity contribution < 1.29 is 9.84 Å². The van der Waals surface area contributed by atoms with E-state index in [0.717, 1.165) is 19.5 Å². The Kier molecular flexibility index (Phi) is 5.08. The van der Waals surface area contributed by atoms with Crippen LogP contribution in [0.3, 0.4) is 0 Å². The van der Waals surface area contributed by atoms with Crippen molar-refractivity contribution in [1.82, 2.24) is 4.90 Å². The van der Waals surface area contributed by atoms with Crippen molar-refractivity contribution in [2.45, 2.75) is 32.4 Å². The van der Waals surface area contributed by atoms with Gasteiger partial charge in [-0.05, 0) is 38.9 Å². The van der Waals surface area contributed by atoms with E-state index in [1.807, 2.05) is 18.2 Å². The molecule has 1 saturated heterocycles. The summed E-state index contributed by atoms with van der Waals surface area (Å²) in [6.07, 6.45) is 0.602. The molecule has 0 aromatic heterocycles. The molecule has 106 valence electrons. The Morgan fingerprint density at radius 3 is 2.79 bits per heavy atom. The Balaban J connectivity index is 1.82. The summed E-state index contributed by atoms with van der Waals surface area (Å²) >= 11 is 6.02. The lowest BCUT2D eigenvalue weighted by molar-refractivity contribution is 0.0583. The molecule has 0 radical (unpaired) electrons. The van der Waals surface area contributed by atoms with Crippen LogP contribution in [0.2, 0.25) is 5.02 Å². The van der Waals surface area contributed by atoms with Gasteiger partial charge in [-0.1, -0.05) is 23.7 Å². The van der Waals surface area contributed by atoms with Crippen molar-refractivity contribution in [1.29, 1.82) is 0 Å². The minimum absolute atomic E-state index is 0.296. The van der Waals surface area contributed by atoms with E-state index in [0.29, 0.717) is 29.3 Å². The molecule has 4 heteroatoms. The van der Waals surface area contributed by atoms with Gasteiger partial charge >= 0.3 is 0 Å². The summed E-state index contributed by atoms with van der Waals surface area (Å²) in [7, 11) is 0. The van der Waals surface area contributed by atoms with Gasteiger partial charge in [-0.2, -0.15) is 0 Å². The third-order valence-corrected chi connectivity index (χ3v) is 4.09. The van der Waals surface area contributed by atoms with Gasteiger partial charge in [0.2, 0.25) is 0 Å². The molecule has 1 fully saturated rings. The SMILES string of the molecule is CC(C)N1CCC(C(O)COc2ccccc2Cl)C1. The fourth-order valence-corrected chi connectivity index (χ4v) is 2.66. The Hall–Kier alpha value is -0.770. The van der Waals surface area contributed by atoms with E-state index >= 15 is 0 Å². The van der Waals surface area contributed by atoms with Crippen molar-refractivity contribution in [2.75, 3.05) is 19.7 Å². The molecule has 0 amide bonds. The average Bonchev–Trinajstić information content (AvgIpc) is 2.87. The minimum Gasteiger partial charge on any atom is -0.489 e. The standard InChI is InChI=1S/C15H22ClNO2/c1-11(2)17-8-7-12(9-17)14(18)10-19-15-6-4-3-5-13(15)16/h3-6,11-12,14,18H,7-10H2,1-2H3. The number of hydrogen-bond donors (Lipinski definition) is 1. The summed E-state index contributed by atoms with van der Waals surface area (Å²) in [6.45, 7) is 6.69. The topological polar surface area (TPSA) is 32.7 Å². The molecule has 19 heavy (non-hydrogen) atoms. The Labute approximate surface area is 120 Å². The monoisotopic (exact) mass is 283 g/mol. The summed E-state index contributed by atoms with van der Waals surface area (Å²) in [4.78, 5) is 2.39. The van der Waals surface area contributed by atoms with Crippen LogP contribution in [0.5, 0.6) is 5.75 Å². The highest BCUT2D eigenvalue weighted by Gasteiger charge is 2.29. The van der Waals surface area contributed by atoms with Gasteiger partial charge < -0.3 is 14.7 Å². The van der Waals surface area contributed by atoms with Crippen LogP contribution < -0.4 is 4.74 Å². The summed E-state index contributed by atoms with van der Waals surface area (Å²) in [6, 6.07) is 7.90. The van der Waals surface area contributed by atoms with Crippen molar-refractivity contribution in [3.05, 3.63) is 29.3 Å². The second-order valence-corrected chi connectivity index (χ2v) is 5.85. The molecule has 0 saturated carbocycles. The zero-order valence-corrected chi connectivity index (χ0v) is 12.3. The zero-order valence-electron chi connectivity index (χ0n) is 11.6. The number of nitrogens with zero attached hydrogens (tertiary/aromatic N) is 1. The van der Waals surface area contributed by atoms with E-state index in [4.69, 9.17) is 16.3 Å². The first-order valence-corrected chi connectivity index (χ1v) is 7.25. The van der Waals surface area contributed by atoms with Crippen molar-refractivity contribution in [2.24, 2.45) is 5.92 Å². The number of para-hydroxylation sites is 1. The minimum atomic E-state index is -0.431. The number of rotatable bonds is 5. The molecule has 1 heterocycles. The molecular weight excluding hydrogens is 262 g/mol. The maximum Gasteiger partial charge on any atom is 0.138 e. The van der Waals surface area contributed by atoms with Gasteiger partial charge in [0.15, 0.2) is 0 Å². The molecule has 2 atom stereocenters. The first-order valence-electron chi connectivity index (χ1n) is 6.87. The molecule has 1 aromatic rings. The Bertz CT molecular complexity index is 411. The van der Waals surface area contributed by atoms with Crippen LogP contribution >= 0.6 is 11.6 Å². The molecule has 3 nitrogen and oxygen atoms in total. The highest BCUT2D eigenvalue weighted by molar-refractivity contribution is 6.32. The largest absolute Gasteiger partial charge is 0.489 e. The Morgan fingerprint density at radius 1 is 1.42 bits per heavy atom. The normalized spacial score (nSPS) is 21.8. The first kappa shape index (κ1) is 14.6.